The number of nitrogens with one attached hydrogen (secondary N) is 2. The zero-order chi connectivity index (χ0) is 21.3. The minimum Gasteiger partial charge on any atom is -0.497 e. The van der Waals surface area contributed by atoms with Crippen molar-refractivity contribution in [1.29, 1.82) is 0 Å². The van der Waals surface area contributed by atoms with E-state index in [0.29, 0.717) is 29.6 Å². The number of amides is 1. The molecule has 2 aromatic carbocycles. The molecule has 0 aliphatic carbocycles. The van der Waals surface area contributed by atoms with E-state index in [2.05, 4.69) is 15.6 Å². The number of carbonyl (C=O) groups excluding carboxylic acids is 1. The summed E-state index contributed by atoms with van der Waals surface area (Å²) in [5, 5.41) is 6.00. The molecule has 1 atom stereocenters. The number of hydrogen-bond donors (Lipinski definition) is 2. The topological polar surface area (TPSA) is 90.4 Å². The number of aliphatic imine (C=N–C) groups is 1. The zero-order valence-corrected chi connectivity index (χ0v) is 17.4. The average molecular weight is 413 g/mol. The second-order valence-corrected chi connectivity index (χ2v) is 6.70. The molecule has 0 spiro atoms. The summed E-state index contributed by atoms with van der Waals surface area (Å²) in [7, 11) is 4.69. The minimum absolute atomic E-state index is 0.0654. The van der Waals surface area contributed by atoms with Crippen LogP contribution in [0.3, 0.4) is 0 Å². The van der Waals surface area contributed by atoms with Crippen LogP contribution in [0.5, 0.6) is 17.2 Å². The molecule has 0 unspecified atom stereocenters. The third-order valence-electron chi connectivity index (χ3n) is 4.71. The van der Waals surface area contributed by atoms with Crippen molar-refractivity contribution in [3.63, 3.8) is 0 Å². The molecule has 1 heterocycles. The van der Waals surface area contributed by atoms with E-state index in [-0.39, 0.29) is 12.0 Å². The molecule has 0 radical (unpaired) electrons. The summed E-state index contributed by atoms with van der Waals surface area (Å²) in [6, 6.07) is 12.3. The van der Waals surface area contributed by atoms with E-state index in [4.69, 9.17) is 18.9 Å². The number of benzene rings is 2. The van der Waals surface area contributed by atoms with Gasteiger partial charge in [-0.25, -0.2) is 4.99 Å². The number of nitrogens with zero attached hydrogens (tertiary/aromatic N) is 1. The second-order valence-electron chi connectivity index (χ2n) is 6.70. The molecule has 1 fully saturated rings. The second kappa shape index (κ2) is 10.5. The largest absolute Gasteiger partial charge is 0.497 e. The van der Waals surface area contributed by atoms with E-state index < -0.39 is 0 Å². The Hall–Kier alpha value is -3.26. The molecule has 2 N–H and O–H groups in total. The summed E-state index contributed by atoms with van der Waals surface area (Å²) >= 11 is 0. The van der Waals surface area contributed by atoms with Crippen molar-refractivity contribution in [2.24, 2.45) is 4.99 Å². The van der Waals surface area contributed by atoms with E-state index >= 15 is 0 Å². The number of ether oxygens (including phenoxy) is 4. The zero-order valence-electron chi connectivity index (χ0n) is 17.4. The van der Waals surface area contributed by atoms with Gasteiger partial charge in [0.1, 0.15) is 5.75 Å². The predicted octanol–water partition coefficient (Wildman–Crippen LogP) is 3.09. The Bertz CT molecular complexity index is 877. The molecule has 8 heteroatoms. The molecule has 0 bridgehead atoms. The smallest absolute Gasteiger partial charge is 0.258 e. The van der Waals surface area contributed by atoms with E-state index in [0.717, 1.165) is 30.9 Å². The first-order valence-corrected chi connectivity index (χ1v) is 9.73. The number of rotatable bonds is 7. The summed E-state index contributed by atoms with van der Waals surface area (Å²) in [5.41, 5.74) is 1.20. The molecular weight excluding hydrogens is 386 g/mol. The number of methoxy groups -OCH3 is 3. The molecule has 2 aromatic rings. The fourth-order valence-electron chi connectivity index (χ4n) is 3.06. The lowest BCUT2D eigenvalue weighted by molar-refractivity contribution is 0.0975. The normalized spacial score (nSPS) is 16.1. The first-order chi connectivity index (χ1) is 14.6. The molecule has 1 aliphatic rings. The highest BCUT2D eigenvalue weighted by Crippen LogP contribution is 2.27. The van der Waals surface area contributed by atoms with Crippen LogP contribution in [0.25, 0.3) is 0 Å². The van der Waals surface area contributed by atoms with Crippen molar-refractivity contribution in [1.82, 2.24) is 5.32 Å². The number of anilines is 1. The lowest BCUT2D eigenvalue weighted by Gasteiger charge is -2.14. The van der Waals surface area contributed by atoms with Crippen molar-refractivity contribution in [2.75, 3.05) is 39.8 Å². The van der Waals surface area contributed by atoms with Crippen LogP contribution in [0.2, 0.25) is 0 Å². The van der Waals surface area contributed by atoms with Crippen LogP contribution >= 0.6 is 0 Å². The number of hydrogen-bond acceptors (Lipinski definition) is 6. The first kappa shape index (κ1) is 21.4. The summed E-state index contributed by atoms with van der Waals surface area (Å²) in [6.45, 7) is 1.21. The third-order valence-corrected chi connectivity index (χ3v) is 4.71. The SMILES string of the molecule is COc1ccc(NC(=NC[C@@H]2CCCO2)NC(=O)c2ccc(OC)c(OC)c2)cc1. The quantitative estimate of drug-likeness (QED) is 0.536. The van der Waals surface area contributed by atoms with Gasteiger partial charge in [-0.2, -0.15) is 0 Å². The van der Waals surface area contributed by atoms with E-state index in [9.17, 15) is 4.79 Å². The van der Waals surface area contributed by atoms with Crippen LogP contribution in [-0.2, 0) is 4.74 Å². The van der Waals surface area contributed by atoms with Crippen molar-refractivity contribution in [3.05, 3.63) is 48.0 Å². The van der Waals surface area contributed by atoms with E-state index in [1.54, 1.807) is 32.4 Å². The van der Waals surface area contributed by atoms with Gasteiger partial charge >= 0.3 is 0 Å². The Labute approximate surface area is 176 Å². The van der Waals surface area contributed by atoms with Crippen LogP contribution < -0.4 is 24.8 Å². The average Bonchev–Trinajstić information content (AvgIpc) is 3.31. The summed E-state index contributed by atoms with van der Waals surface area (Å²) in [4.78, 5) is 17.4. The molecule has 0 aromatic heterocycles. The van der Waals surface area contributed by atoms with E-state index in [1.807, 2.05) is 24.3 Å². The standard InChI is InChI=1S/C22H27N3O5/c1-27-17-9-7-16(8-10-17)24-22(23-14-18-5-4-12-30-18)25-21(26)15-6-11-19(28-2)20(13-15)29-3/h6-11,13,18H,4-5,12,14H2,1-3H3,(H2,23,24,25,26)/t18-/m0/s1. The Morgan fingerprint density at radius 3 is 2.47 bits per heavy atom. The van der Waals surface area contributed by atoms with Crippen LogP contribution in [0, 0.1) is 0 Å². The maximum absolute atomic E-state index is 12.8. The predicted molar refractivity (Wildman–Crippen MR) is 115 cm³/mol. The number of carbonyl (C=O) groups is 1. The summed E-state index contributed by atoms with van der Waals surface area (Å²) in [5.74, 6) is 1.80. The van der Waals surface area contributed by atoms with Gasteiger partial charge in [-0.05, 0) is 55.3 Å². The lowest BCUT2D eigenvalue weighted by atomic mass is 10.2. The number of guanidine groups is 1. The maximum Gasteiger partial charge on any atom is 0.258 e. The van der Waals surface area contributed by atoms with Crippen LogP contribution in [-0.4, -0.2) is 52.5 Å². The first-order valence-electron chi connectivity index (χ1n) is 9.73. The molecular formula is C22H27N3O5. The molecule has 8 nitrogen and oxygen atoms in total. The Morgan fingerprint density at radius 1 is 1.07 bits per heavy atom. The lowest BCUT2D eigenvalue weighted by Crippen LogP contribution is -2.36. The maximum atomic E-state index is 12.8. The van der Waals surface area contributed by atoms with Gasteiger partial charge in [-0.3, -0.25) is 10.1 Å². The minimum atomic E-state index is -0.317. The summed E-state index contributed by atoms with van der Waals surface area (Å²) in [6.07, 6.45) is 2.05. The van der Waals surface area contributed by atoms with Crippen molar-refractivity contribution in [3.8, 4) is 17.2 Å². The molecule has 30 heavy (non-hydrogen) atoms. The molecule has 3 rings (SSSR count). The fraction of sp³-hybridized carbons (Fsp3) is 0.364. The van der Waals surface area contributed by atoms with Crippen molar-refractivity contribution < 1.29 is 23.7 Å². The highest BCUT2D eigenvalue weighted by atomic mass is 16.5. The van der Waals surface area contributed by atoms with Gasteiger partial charge < -0.3 is 24.3 Å². The van der Waals surface area contributed by atoms with Crippen molar-refractivity contribution in [2.45, 2.75) is 18.9 Å². The van der Waals surface area contributed by atoms with Crippen LogP contribution in [0.4, 0.5) is 5.69 Å². The van der Waals surface area contributed by atoms with Crippen LogP contribution in [0.1, 0.15) is 23.2 Å². The summed E-state index contributed by atoms with van der Waals surface area (Å²) < 4.78 is 21.3. The van der Waals surface area contributed by atoms with Crippen molar-refractivity contribution >= 4 is 17.6 Å². The van der Waals surface area contributed by atoms with Gasteiger partial charge in [0, 0.05) is 17.9 Å². The van der Waals surface area contributed by atoms with Gasteiger partial charge in [0.25, 0.3) is 5.91 Å². The van der Waals surface area contributed by atoms with E-state index in [1.165, 1.54) is 7.11 Å². The molecule has 160 valence electrons. The Morgan fingerprint density at radius 2 is 1.83 bits per heavy atom. The molecule has 1 aliphatic heterocycles. The Balaban J connectivity index is 1.76. The fourth-order valence-corrected chi connectivity index (χ4v) is 3.06. The van der Waals surface area contributed by atoms with Gasteiger partial charge in [0.15, 0.2) is 11.5 Å². The highest BCUT2D eigenvalue weighted by molar-refractivity contribution is 6.10. The third kappa shape index (κ3) is 5.64. The Kier molecular flexibility index (Phi) is 7.51. The monoisotopic (exact) mass is 413 g/mol. The molecule has 0 saturated carbocycles. The van der Waals surface area contributed by atoms with Gasteiger partial charge in [-0.1, -0.05) is 0 Å². The molecule has 1 amide bonds. The van der Waals surface area contributed by atoms with Gasteiger partial charge in [-0.15, -0.1) is 0 Å². The molecule has 1 saturated heterocycles. The van der Waals surface area contributed by atoms with Gasteiger partial charge in [0.2, 0.25) is 5.96 Å². The highest BCUT2D eigenvalue weighted by Gasteiger charge is 2.17. The van der Waals surface area contributed by atoms with Gasteiger partial charge in [0.05, 0.1) is 34.0 Å². The van der Waals surface area contributed by atoms with Crippen LogP contribution in [0.15, 0.2) is 47.5 Å².